The van der Waals surface area contributed by atoms with Crippen LogP contribution in [-0.2, 0) is 9.53 Å². The van der Waals surface area contributed by atoms with Crippen LogP contribution < -0.4 is 0 Å². The number of carbonyl (C=O) groups excluding carboxylic acids is 1. The van der Waals surface area contributed by atoms with Crippen molar-refractivity contribution >= 4 is 6.47 Å². The van der Waals surface area contributed by atoms with Crippen LogP contribution in [0.4, 0.5) is 0 Å². The molecule has 2 nitrogen and oxygen atoms in total. The zero-order chi connectivity index (χ0) is 19.1. The molecule has 0 N–H and O–H groups in total. The lowest BCUT2D eigenvalue weighted by Crippen LogP contribution is -2.12. The van der Waals surface area contributed by atoms with E-state index in [2.05, 4.69) is 13.8 Å². The zero-order valence-corrected chi connectivity index (χ0v) is 18.1. The van der Waals surface area contributed by atoms with Crippen LogP contribution in [-0.4, -0.2) is 12.6 Å². The lowest BCUT2D eigenvalue weighted by molar-refractivity contribution is -0.134. The first-order chi connectivity index (χ1) is 12.8. The smallest absolute Gasteiger partial charge is 0.293 e. The van der Waals surface area contributed by atoms with Gasteiger partial charge in [-0.25, -0.2) is 0 Å². The van der Waals surface area contributed by atoms with Gasteiger partial charge in [0.15, 0.2) is 0 Å². The van der Waals surface area contributed by atoms with Crippen molar-refractivity contribution in [2.45, 2.75) is 148 Å². The average Bonchev–Trinajstić information content (AvgIpc) is 2.65. The molecule has 0 spiro atoms. The second-order valence-electron chi connectivity index (χ2n) is 8.09. The van der Waals surface area contributed by atoms with Gasteiger partial charge in [0.05, 0.1) is 0 Å². The fourth-order valence-corrected chi connectivity index (χ4v) is 3.72. The largest absolute Gasteiger partial charge is 0.465 e. The van der Waals surface area contributed by atoms with Crippen LogP contribution in [0.3, 0.4) is 0 Å². The van der Waals surface area contributed by atoms with Crippen LogP contribution in [0, 0.1) is 0 Å². The molecular formula is C24H48O2. The lowest BCUT2D eigenvalue weighted by Gasteiger charge is -2.15. The number of unbranched alkanes of at least 4 members (excludes halogenated alkanes) is 16. The van der Waals surface area contributed by atoms with Gasteiger partial charge in [-0.3, -0.25) is 4.79 Å². The third kappa shape index (κ3) is 19.8. The summed E-state index contributed by atoms with van der Waals surface area (Å²) >= 11 is 0. The van der Waals surface area contributed by atoms with Gasteiger partial charge >= 0.3 is 0 Å². The first-order valence-electron chi connectivity index (χ1n) is 11.9. The van der Waals surface area contributed by atoms with E-state index < -0.39 is 0 Å². The van der Waals surface area contributed by atoms with E-state index >= 15 is 0 Å². The van der Waals surface area contributed by atoms with Crippen LogP contribution in [0.25, 0.3) is 0 Å². The molecule has 0 heterocycles. The van der Waals surface area contributed by atoms with E-state index in [9.17, 15) is 4.79 Å². The normalized spacial score (nSPS) is 12.2. The van der Waals surface area contributed by atoms with E-state index in [1.54, 1.807) is 0 Å². The first kappa shape index (κ1) is 25.5. The summed E-state index contributed by atoms with van der Waals surface area (Å²) in [6.07, 6.45) is 26.6. The molecule has 0 bridgehead atoms. The van der Waals surface area contributed by atoms with Crippen molar-refractivity contribution < 1.29 is 9.53 Å². The van der Waals surface area contributed by atoms with Crippen LogP contribution in [0.5, 0.6) is 0 Å². The fraction of sp³-hybridized carbons (Fsp3) is 0.958. The van der Waals surface area contributed by atoms with E-state index in [1.807, 2.05) is 0 Å². The maximum Gasteiger partial charge on any atom is 0.293 e. The van der Waals surface area contributed by atoms with Crippen molar-refractivity contribution in [2.24, 2.45) is 0 Å². The van der Waals surface area contributed by atoms with Gasteiger partial charge < -0.3 is 4.74 Å². The van der Waals surface area contributed by atoms with Gasteiger partial charge in [0.2, 0.25) is 0 Å². The first-order valence-corrected chi connectivity index (χ1v) is 11.9. The Bertz CT molecular complexity index is 265. The highest BCUT2D eigenvalue weighted by Crippen LogP contribution is 2.17. The van der Waals surface area contributed by atoms with Crippen LogP contribution in [0.1, 0.15) is 142 Å². The predicted octanol–water partition coefficient (Wildman–Crippen LogP) is 8.37. The highest BCUT2D eigenvalue weighted by atomic mass is 16.5. The Morgan fingerprint density at radius 3 is 1.15 bits per heavy atom. The van der Waals surface area contributed by atoms with Crippen molar-refractivity contribution in [3.05, 3.63) is 0 Å². The number of ether oxygens (including phenoxy) is 1. The molecule has 0 amide bonds. The van der Waals surface area contributed by atoms with Crippen LogP contribution >= 0.6 is 0 Å². The van der Waals surface area contributed by atoms with E-state index in [0.29, 0.717) is 6.47 Å². The van der Waals surface area contributed by atoms with Gasteiger partial charge in [-0.2, -0.15) is 0 Å². The molecule has 0 aliphatic carbocycles. The van der Waals surface area contributed by atoms with Crippen molar-refractivity contribution in [1.29, 1.82) is 0 Å². The Morgan fingerprint density at radius 2 is 0.846 bits per heavy atom. The molecule has 0 radical (unpaired) electrons. The Morgan fingerprint density at radius 1 is 0.538 bits per heavy atom. The second kappa shape index (κ2) is 22.5. The summed E-state index contributed by atoms with van der Waals surface area (Å²) < 4.78 is 5.30. The second-order valence-corrected chi connectivity index (χ2v) is 8.09. The Labute approximate surface area is 164 Å². The minimum Gasteiger partial charge on any atom is -0.465 e. The third-order valence-electron chi connectivity index (χ3n) is 5.51. The van der Waals surface area contributed by atoms with Crippen molar-refractivity contribution in [2.75, 3.05) is 0 Å². The van der Waals surface area contributed by atoms with Gasteiger partial charge in [0.25, 0.3) is 6.47 Å². The van der Waals surface area contributed by atoms with Crippen LogP contribution in [0.2, 0.25) is 0 Å². The molecule has 0 fully saturated rings. The van der Waals surface area contributed by atoms with Gasteiger partial charge in [0, 0.05) is 0 Å². The molecule has 0 aromatic rings. The summed E-state index contributed by atoms with van der Waals surface area (Å²) in [5, 5.41) is 0. The standard InChI is InChI=1S/C24H48O2/c1-3-5-7-9-11-13-14-16-18-20-22-24(26-23-25)21-19-17-15-12-10-8-6-4-2/h23-24H,3-22H2,1-2H3. The molecule has 0 aliphatic rings. The maximum absolute atomic E-state index is 10.7. The SMILES string of the molecule is CCCCCCCCCCCCC(CCCCCCCCCC)OC=O. The monoisotopic (exact) mass is 368 g/mol. The summed E-state index contributed by atoms with van der Waals surface area (Å²) in [6.45, 7) is 5.20. The van der Waals surface area contributed by atoms with Crippen LogP contribution in [0.15, 0.2) is 0 Å². The topological polar surface area (TPSA) is 26.3 Å². The molecule has 1 unspecified atom stereocenters. The summed E-state index contributed by atoms with van der Waals surface area (Å²) in [5.41, 5.74) is 0. The number of rotatable bonds is 22. The number of hydrogen-bond donors (Lipinski definition) is 0. The molecule has 0 saturated heterocycles. The minimum atomic E-state index is 0.168. The van der Waals surface area contributed by atoms with Gasteiger partial charge in [-0.05, 0) is 25.7 Å². The van der Waals surface area contributed by atoms with E-state index in [-0.39, 0.29) is 6.10 Å². The predicted molar refractivity (Wildman–Crippen MR) is 115 cm³/mol. The van der Waals surface area contributed by atoms with Gasteiger partial charge in [0.1, 0.15) is 6.10 Å². The molecule has 2 heteroatoms. The highest BCUT2D eigenvalue weighted by Gasteiger charge is 2.08. The summed E-state index contributed by atoms with van der Waals surface area (Å²) in [7, 11) is 0. The molecule has 156 valence electrons. The molecule has 0 aliphatic heterocycles. The molecule has 0 aromatic heterocycles. The Hall–Kier alpha value is -0.530. The summed E-state index contributed by atoms with van der Waals surface area (Å²) in [6, 6.07) is 0. The Balaban J connectivity index is 3.43. The molecular weight excluding hydrogens is 320 g/mol. The van der Waals surface area contributed by atoms with Gasteiger partial charge in [-0.15, -0.1) is 0 Å². The molecule has 0 saturated carbocycles. The van der Waals surface area contributed by atoms with Crippen molar-refractivity contribution in [3.63, 3.8) is 0 Å². The maximum atomic E-state index is 10.7. The summed E-state index contributed by atoms with van der Waals surface area (Å²) in [5.74, 6) is 0. The molecule has 26 heavy (non-hydrogen) atoms. The average molecular weight is 369 g/mol. The quantitative estimate of drug-likeness (QED) is 0.142. The minimum absolute atomic E-state index is 0.168. The highest BCUT2D eigenvalue weighted by molar-refractivity contribution is 5.37. The number of hydrogen-bond acceptors (Lipinski definition) is 2. The van der Waals surface area contributed by atoms with E-state index in [1.165, 1.54) is 116 Å². The zero-order valence-electron chi connectivity index (χ0n) is 18.1. The number of carbonyl (C=O) groups is 1. The molecule has 0 aromatic carbocycles. The Kier molecular flexibility index (Phi) is 22.1. The van der Waals surface area contributed by atoms with Crippen molar-refractivity contribution in [3.8, 4) is 0 Å². The van der Waals surface area contributed by atoms with Crippen molar-refractivity contribution in [1.82, 2.24) is 0 Å². The molecule has 0 rings (SSSR count). The fourth-order valence-electron chi connectivity index (χ4n) is 3.72. The molecule has 1 atom stereocenters. The summed E-state index contributed by atoms with van der Waals surface area (Å²) in [4.78, 5) is 10.7. The lowest BCUT2D eigenvalue weighted by atomic mass is 10.0. The van der Waals surface area contributed by atoms with Gasteiger partial charge in [-0.1, -0.05) is 117 Å². The van der Waals surface area contributed by atoms with E-state index in [4.69, 9.17) is 4.74 Å². The van der Waals surface area contributed by atoms with E-state index in [0.717, 1.165) is 12.8 Å². The third-order valence-corrected chi connectivity index (χ3v) is 5.51.